The molecule has 1 rings (SSSR count). The Hall–Kier alpha value is -1.05. The molecule has 1 saturated heterocycles. The lowest BCUT2D eigenvalue weighted by atomic mass is 9.85. The Labute approximate surface area is 109 Å². The van der Waals surface area contributed by atoms with Crippen molar-refractivity contribution < 1.29 is 14.3 Å². The summed E-state index contributed by atoms with van der Waals surface area (Å²) in [6, 6.07) is 0. The zero-order valence-corrected chi connectivity index (χ0v) is 11.3. The molecule has 0 spiro atoms. The molecule has 1 aliphatic rings. The van der Waals surface area contributed by atoms with Crippen LogP contribution in [0.5, 0.6) is 0 Å². The van der Waals surface area contributed by atoms with Gasteiger partial charge in [-0.2, -0.15) is 0 Å². The van der Waals surface area contributed by atoms with Crippen LogP contribution in [0.15, 0.2) is 0 Å². The van der Waals surface area contributed by atoms with E-state index in [4.69, 9.17) is 15.9 Å². The van der Waals surface area contributed by atoms with Crippen molar-refractivity contribution in [1.82, 2.24) is 5.32 Å². The summed E-state index contributed by atoms with van der Waals surface area (Å²) in [6.45, 7) is 5.25. The van der Waals surface area contributed by atoms with Crippen LogP contribution in [0.1, 0.15) is 39.5 Å². The highest BCUT2D eigenvalue weighted by molar-refractivity contribution is 5.81. The number of rotatable bonds is 6. The maximum absolute atomic E-state index is 12.2. The first kappa shape index (κ1) is 15.0. The van der Waals surface area contributed by atoms with Gasteiger partial charge in [0.1, 0.15) is 5.54 Å². The lowest BCUT2D eigenvalue weighted by molar-refractivity contribution is -0.158. The van der Waals surface area contributed by atoms with E-state index in [1.165, 1.54) is 0 Å². The average molecular weight is 253 g/mol. The number of nitrogens with one attached hydrogen (secondary N) is 1. The molecule has 2 atom stereocenters. The minimum atomic E-state index is -0.666. The molecule has 0 bridgehead atoms. The lowest BCUT2D eigenvalue weighted by Gasteiger charge is -2.39. The third-order valence-corrected chi connectivity index (χ3v) is 3.26. The van der Waals surface area contributed by atoms with Crippen molar-refractivity contribution in [3.63, 3.8) is 0 Å². The molecule has 1 aliphatic heterocycles. The zero-order valence-electron chi connectivity index (χ0n) is 11.3. The van der Waals surface area contributed by atoms with Gasteiger partial charge in [-0.05, 0) is 19.8 Å². The third kappa shape index (κ3) is 3.72. The van der Waals surface area contributed by atoms with Gasteiger partial charge in [-0.25, -0.2) is 0 Å². The molecule has 4 nitrogen and oxygen atoms in total. The Morgan fingerprint density at radius 2 is 2.39 bits per heavy atom. The van der Waals surface area contributed by atoms with Crippen molar-refractivity contribution in [2.24, 2.45) is 0 Å². The number of carbonyl (C=O) groups excluding carboxylic acids is 1. The van der Waals surface area contributed by atoms with Gasteiger partial charge in [-0.15, -0.1) is 6.42 Å². The van der Waals surface area contributed by atoms with Gasteiger partial charge >= 0.3 is 5.97 Å². The molecule has 1 N–H and O–H groups in total. The van der Waals surface area contributed by atoms with Crippen LogP contribution in [0.4, 0.5) is 0 Å². The van der Waals surface area contributed by atoms with Crippen molar-refractivity contribution in [1.29, 1.82) is 0 Å². The molecule has 0 aromatic rings. The third-order valence-electron chi connectivity index (χ3n) is 3.26. The molecular weight excluding hydrogens is 230 g/mol. The predicted molar refractivity (Wildman–Crippen MR) is 70.1 cm³/mol. The van der Waals surface area contributed by atoms with Gasteiger partial charge in [-0.3, -0.25) is 10.1 Å². The van der Waals surface area contributed by atoms with Crippen LogP contribution >= 0.6 is 0 Å². The van der Waals surface area contributed by atoms with Crippen molar-refractivity contribution in [2.45, 2.75) is 51.2 Å². The van der Waals surface area contributed by atoms with Crippen molar-refractivity contribution in [3.05, 3.63) is 0 Å². The van der Waals surface area contributed by atoms with E-state index in [1.807, 2.05) is 6.92 Å². The zero-order chi connectivity index (χ0) is 13.4. The molecule has 0 amide bonds. The smallest absolute Gasteiger partial charge is 0.326 e. The SMILES string of the molecule is C#CCNC1(C(=O)OCC)CCOC(CCC)C1. The van der Waals surface area contributed by atoms with Crippen molar-refractivity contribution in [2.75, 3.05) is 19.8 Å². The number of carbonyl (C=O) groups is 1. The lowest BCUT2D eigenvalue weighted by Crippen LogP contribution is -2.58. The summed E-state index contributed by atoms with van der Waals surface area (Å²) in [5.41, 5.74) is -0.666. The van der Waals surface area contributed by atoms with Gasteiger partial charge in [0.2, 0.25) is 0 Å². The molecule has 1 heterocycles. The first-order valence-electron chi connectivity index (χ1n) is 6.65. The molecule has 18 heavy (non-hydrogen) atoms. The minimum Gasteiger partial charge on any atom is -0.465 e. The summed E-state index contributed by atoms with van der Waals surface area (Å²) in [7, 11) is 0. The highest BCUT2D eigenvalue weighted by Gasteiger charge is 2.43. The van der Waals surface area contributed by atoms with Crippen LogP contribution in [0.25, 0.3) is 0 Å². The maximum atomic E-state index is 12.2. The minimum absolute atomic E-state index is 0.110. The van der Waals surface area contributed by atoms with E-state index in [1.54, 1.807) is 0 Å². The Morgan fingerprint density at radius 3 is 3.00 bits per heavy atom. The van der Waals surface area contributed by atoms with Crippen molar-refractivity contribution in [3.8, 4) is 12.3 Å². The summed E-state index contributed by atoms with van der Waals surface area (Å²) in [5.74, 6) is 2.32. The largest absolute Gasteiger partial charge is 0.465 e. The predicted octanol–water partition coefficient (Wildman–Crippen LogP) is 1.49. The number of hydrogen-bond donors (Lipinski definition) is 1. The fraction of sp³-hybridized carbons (Fsp3) is 0.786. The van der Waals surface area contributed by atoms with Crippen LogP contribution in [-0.4, -0.2) is 37.4 Å². The van der Waals surface area contributed by atoms with E-state index >= 15 is 0 Å². The Kier molecular flexibility index (Phi) is 6.17. The molecule has 0 radical (unpaired) electrons. The van der Waals surface area contributed by atoms with Gasteiger partial charge in [-0.1, -0.05) is 19.3 Å². The van der Waals surface area contributed by atoms with Crippen LogP contribution in [0.2, 0.25) is 0 Å². The van der Waals surface area contributed by atoms with Gasteiger partial charge < -0.3 is 9.47 Å². The van der Waals surface area contributed by atoms with Crippen molar-refractivity contribution >= 4 is 5.97 Å². The number of esters is 1. The van der Waals surface area contributed by atoms with E-state index in [2.05, 4.69) is 18.2 Å². The standard InChI is InChI=1S/C14H23NO3/c1-4-7-12-11-14(8-10-18-12,15-9-5-2)13(16)17-6-3/h2,12,15H,4,6-11H2,1,3H3. The monoisotopic (exact) mass is 253 g/mol. The fourth-order valence-corrected chi connectivity index (χ4v) is 2.36. The van der Waals surface area contributed by atoms with E-state index in [0.29, 0.717) is 32.6 Å². The van der Waals surface area contributed by atoms with E-state index < -0.39 is 5.54 Å². The first-order valence-corrected chi connectivity index (χ1v) is 6.65. The summed E-state index contributed by atoms with van der Waals surface area (Å²) in [4.78, 5) is 12.2. The molecule has 1 fully saturated rings. The molecule has 0 aliphatic carbocycles. The van der Waals surface area contributed by atoms with Gasteiger partial charge in [0, 0.05) is 13.0 Å². The van der Waals surface area contributed by atoms with E-state index in [0.717, 1.165) is 12.8 Å². The molecule has 102 valence electrons. The highest BCUT2D eigenvalue weighted by Crippen LogP contribution is 2.28. The summed E-state index contributed by atoms with van der Waals surface area (Å²) in [6.07, 6.45) is 8.64. The molecule has 4 heteroatoms. The number of ether oxygens (including phenoxy) is 2. The molecular formula is C14H23NO3. The number of terminal acetylenes is 1. The van der Waals surface area contributed by atoms with Gasteiger partial charge in [0.05, 0.1) is 19.3 Å². The molecule has 0 saturated carbocycles. The van der Waals surface area contributed by atoms with Crippen LogP contribution in [0.3, 0.4) is 0 Å². The summed E-state index contributed by atoms with van der Waals surface area (Å²) >= 11 is 0. The second-order valence-electron chi connectivity index (χ2n) is 4.60. The Balaban J connectivity index is 2.76. The molecule has 0 aromatic heterocycles. The highest BCUT2D eigenvalue weighted by atomic mass is 16.5. The summed E-state index contributed by atoms with van der Waals surface area (Å²) in [5, 5.41) is 3.17. The first-order chi connectivity index (χ1) is 8.68. The van der Waals surface area contributed by atoms with Crippen LogP contribution in [0, 0.1) is 12.3 Å². The van der Waals surface area contributed by atoms with E-state index in [-0.39, 0.29) is 12.1 Å². The average Bonchev–Trinajstić information content (AvgIpc) is 2.37. The molecule has 0 aromatic carbocycles. The normalized spacial score (nSPS) is 27.5. The second-order valence-corrected chi connectivity index (χ2v) is 4.60. The molecule has 2 unspecified atom stereocenters. The maximum Gasteiger partial charge on any atom is 0.326 e. The summed E-state index contributed by atoms with van der Waals surface area (Å²) < 4.78 is 10.9. The number of hydrogen-bond acceptors (Lipinski definition) is 4. The second kappa shape index (κ2) is 7.40. The quantitative estimate of drug-likeness (QED) is 0.575. The Morgan fingerprint density at radius 1 is 1.61 bits per heavy atom. The van der Waals surface area contributed by atoms with Gasteiger partial charge in [0.25, 0.3) is 0 Å². The van der Waals surface area contributed by atoms with E-state index in [9.17, 15) is 4.79 Å². The fourth-order valence-electron chi connectivity index (χ4n) is 2.36. The van der Waals surface area contributed by atoms with Gasteiger partial charge in [0.15, 0.2) is 0 Å². The topological polar surface area (TPSA) is 47.6 Å². The van der Waals surface area contributed by atoms with Crippen LogP contribution < -0.4 is 5.32 Å². The Bertz CT molecular complexity index is 309. The van der Waals surface area contributed by atoms with Crippen LogP contribution in [-0.2, 0) is 14.3 Å².